The van der Waals surface area contributed by atoms with Gasteiger partial charge in [-0.1, -0.05) is 48.5 Å². The summed E-state index contributed by atoms with van der Waals surface area (Å²) in [5.74, 6) is 0.742. The number of nitrogens with one attached hydrogen (secondary N) is 2. The maximum absolute atomic E-state index is 12.7. The van der Waals surface area contributed by atoms with Crippen LogP contribution in [0.15, 0.2) is 112 Å². The molecule has 0 atom stereocenters. The summed E-state index contributed by atoms with van der Waals surface area (Å²) in [7, 11) is 1.51. The Morgan fingerprint density at radius 3 is 2.38 bits per heavy atom. The molecule has 0 radical (unpaired) electrons. The first-order valence-electron chi connectivity index (χ1n) is 12.1. The molecule has 1 amide bonds. The van der Waals surface area contributed by atoms with Gasteiger partial charge in [-0.3, -0.25) is 10.1 Å². The molecule has 8 heteroatoms. The predicted molar refractivity (Wildman–Crippen MR) is 155 cm³/mol. The molecule has 2 N–H and O–H groups in total. The Morgan fingerprint density at radius 1 is 0.872 bits per heavy atom. The number of carbonyl (C=O) groups is 1. The second-order valence-electron chi connectivity index (χ2n) is 8.61. The third-order valence-electron chi connectivity index (χ3n) is 5.98. The predicted octanol–water partition coefficient (Wildman–Crippen LogP) is 6.17. The maximum atomic E-state index is 12.7. The van der Waals surface area contributed by atoms with Gasteiger partial charge in [-0.2, -0.15) is 0 Å². The molecule has 0 saturated heterocycles. The van der Waals surface area contributed by atoms with Gasteiger partial charge in [-0.25, -0.2) is 4.79 Å². The van der Waals surface area contributed by atoms with Gasteiger partial charge in [0.2, 0.25) is 0 Å². The van der Waals surface area contributed by atoms with Crippen molar-refractivity contribution >= 4 is 39.9 Å². The molecule has 0 unspecified atom stereocenters. The summed E-state index contributed by atoms with van der Waals surface area (Å²) in [4.78, 5) is 25.3. The van der Waals surface area contributed by atoms with Crippen molar-refractivity contribution in [3.05, 3.63) is 125 Å². The van der Waals surface area contributed by atoms with Crippen molar-refractivity contribution in [1.29, 1.82) is 0 Å². The Labute approximate surface area is 230 Å². The van der Waals surface area contributed by atoms with E-state index in [9.17, 15) is 9.59 Å². The zero-order valence-corrected chi connectivity index (χ0v) is 21.8. The second kappa shape index (κ2) is 11.6. The first-order chi connectivity index (χ1) is 19.0. The highest BCUT2D eigenvalue weighted by Gasteiger charge is 2.14. The third-order valence-corrected chi connectivity index (χ3v) is 6.19. The number of rotatable bonds is 7. The zero-order chi connectivity index (χ0) is 27.2. The summed E-state index contributed by atoms with van der Waals surface area (Å²) in [5.41, 5.74) is 3.07. The van der Waals surface area contributed by atoms with Crippen LogP contribution in [0.4, 0.5) is 5.69 Å². The molecule has 0 saturated carbocycles. The normalized spacial score (nSPS) is 10.6. The van der Waals surface area contributed by atoms with Gasteiger partial charge in [0.25, 0.3) is 5.91 Å². The molecule has 0 fully saturated rings. The zero-order valence-electron chi connectivity index (χ0n) is 21.0. The first kappa shape index (κ1) is 25.7. The first-order valence-corrected chi connectivity index (χ1v) is 12.5. The Morgan fingerprint density at radius 2 is 1.62 bits per heavy atom. The van der Waals surface area contributed by atoms with Crippen LogP contribution in [-0.4, -0.2) is 18.1 Å². The van der Waals surface area contributed by atoms with Crippen LogP contribution in [0.2, 0.25) is 0 Å². The molecular formula is C31H24N2O5S. The van der Waals surface area contributed by atoms with E-state index in [1.165, 1.54) is 7.11 Å². The molecule has 0 aliphatic carbocycles. The van der Waals surface area contributed by atoms with Crippen LogP contribution >= 0.6 is 12.2 Å². The van der Waals surface area contributed by atoms with Crippen molar-refractivity contribution in [2.45, 2.75) is 6.61 Å². The van der Waals surface area contributed by atoms with E-state index in [0.717, 1.165) is 10.9 Å². The molecule has 0 bridgehead atoms. The largest absolute Gasteiger partial charge is 0.496 e. The molecule has 5 aromatic rings. The average molecular weight is 537 g/mol. The van der Waals surface area contributed by atoms with E-state index in [-0.39, 0.29) is 11.0 Å². The van der Waals surface area contributed by atoms with Crippen molar-refractivity contribution < 1.29 is 18.7 Å². The number of carbonyl (C=O) groups excluding carboxylic acids is 1. The van der Waals surface area contributed by atoms with Crippen molar-refractivity contribution in [3.63, 3.8) is 0 Å². The summed E-state index contributed by atoms with van der Waals surface area (Å²) in [6, 6.07) is 30.9. The van der Waals surface area contributed by atoms with Gasteiger partial charge < -0.3 is 19.2 Å². The van der Waals surface area contributed by atoms with E-state index >= 15 is 0 Å². The summed E-state index contributed by atoms with van der Waals surface area (Å²) >= 11 is 5.34. The minimum atomic E-state index is -0.466. The Kier molecular flexibility index (Phi) is 7.65. The van der Waals surface area contributed by atoms with E-state index in [4.69, 9.17) is 26.1 Å². The Balaban J connectivity index is 1.23. The SMILES string of the molecule is COc1cc(NC(=S)NC(=O)c2ccc(OCc3ccccc3)cc2)ccc1-c1cc2ccccc2oc1=O. The lowest BCUT2D eigenvalue weighted by atomic mass is 10.0. The number of thiocarbonyl (C=S) groups is 1. The topological polar surface area (TPSA) is 89.8 Å². The molecule has 39 heavy (non-hydrogen) atoms. The van der Waals surface area contributed by atoms with E-state index in [1.807, 2.05) is 48.5 Å². The van der Waals surface area contributed by atoms with Gasteiger partial charge in [-0.15, -0.1) is 0 Å². The number of anilines is 1. The fourth-order valence-electron chi connectivity index (χ4n) is 4.02. The van der Waals surface area contributed by atoms with Crippen LogP contribution in [0.5, 0.6) is 11.5 Å². The Bertz CT molecular complexity index is 1700. The molecule has 5 rings (SSSR count). The fourth-order valence-corrected chi connectivity index (χ4v) is 4.23. The van der Waals surface area contributed by atoms with Crippen molar-refractivity contribution in [1.82, 2.24) is 5.32 Å². The highest BCUT2D eigenvalue weighted by molar-refractivity contribution is 7.80. The quantitative estimate of drug-likeness (QED) is 0.190. The molecule has 0 spiro atoms. The summed E-state index contributed by atoms with van der Waals surface area (Å²) in [6.45, 7) is 0.439. The van der Waals surface area contributed by atoms with Crippen LogP contribution in [0, 0.1) is 0 Å². The van der Waals surface area contributed by atoms with Gasteiger partial charge in [0, 0.05) is 28.3 Å². The van der Waals surface area contributed by atoms with Crippen molar-refractivity contribution in [2.24, 2.45) is 0 Å². The lowest BCUT2D eigenvalue weighted by Crippen LogP contribution is -2.34. The smallest absolute Gasteiger partial charge is 0.344 e. The minimum Gasteiger partial charge on any atom is -0.496 e. The number of amides is 1. The van der Waals surface area contributed by atoms with Crippen LogP contribution in [0.3, 0.4) is 0 Å². The number of benzene rings is 4. The highest BCUT2D eigenvalue weighted by atomic mass is 32.1. The number of methoxy groups -OCH3 is 1. The molecular weight excluding hydrogens is 512 g/mol. The van der Waals surface area contributed by atoms with E-state index in [1.54, 1.807) is 54.6 Å². The number of hydrogen-bond donors (Lipinski definition) is 2. The highest BCUT2D eigenvalue weighted by Crippen LogP contribution is 2.32. The third kappa shape index (κ3) is 6.14. The van der Waals surface area contributed by atoms with E-state index < -0.39 is 5.63 Å². The molecule has 4 aromatic carbocycles. The summed E-state index contributed by atoms with van der Waals surface area (Å²) < 4.78 is 16.8. The molecule has 0 aliphatic heterocycles. The van der Waals surface area contributed by atoms with Crippen molar-refractivity contribution in [2.75, 3.05) is 12.4 Å². The van der Waals surface area contributed by atoms with Gasteiger partial charge >= 0.3 is 5.63 Å². The second-order valence-corrected chi connectivity index (χ2v) is 9.02. The fraction of sp³-hybridized carbons (Fsp3) is 0.0645. The van der Waals surface area contributed by atoms with Crippen LogP contribution < -0.4 is 25.7 Å². The maximum Gasteiger partial charge on any atom is 0.344 e. The van der Waals surface area contributed by atoms with Crippen LogP contribution in [-0.2, 0) is 6.61 Å². The monoisotopic (exact) mass is 536 g/mol. The summed E-state index contributed by atoms with van der Waals surface area (Å²) in [6.07, 6.45) is 0. The lowest BCUT2D eigenvalue weighted by Gasteiger charge is -2.13. The molecule has 194 valence electrons. The lowest BCUT2D eigenvalue weighted by molar-refractivity contribution is 0.0977. The van der Waals surface area contributed by atoms with E-state index in [2.05, 4.69) is 10.6 Å². The van der Waals surface area contributed by atoms with Crippen molar-refractivity contribution in [3.8, 4) is 22.6 Å². The number of hydrogen-bond acceptors (Lipinski definition) is 6. The summed E-state index contributed by atoms with van der Waals surface area (Å²) in [5, 5.41) is 6.57. The minimum absolute atomic E-state index is 0.115. The number of fused-ring (bicyclic) bond motifs is 1. The van der Waals surface area contributed by atoms with Crippen LogP contribution in [0.25, 0.3) is 22.1 Å². The number of para-hydroxylation sites is 1. The van der Waals surface area contributed by atoms with Gasteiger partial charge in [0.15, 0.2) is 5.11 Å². The van der Waals surface area contributed by atoms with E-state index in [0.29, 0.717) is 46.1 Å². The molecule has 0 aliphatic rings. The van der Waals surface area contributed by atoms with Gasteiger partial charge in [0.1, 0.15) is 23.7 Å². The molecule has 1 aromatic heterocycles. The van der Waals surface area contributed by atoms with Gasteiger partial charge in [-0.05, 0) is 66.3 Å². The number of ether oxygens (including phenoxy) is 2. The molecule has 7 nitrogen and oxygen atoms in total. The Hall–Kier alpha value is -4.95. The van der Waals surface area contributed by atoms with Crippen LogP contribution in [0.1, 0.15) is 15.9 Å². The molecule has 1 heterocycles. The van der Waals surface area contributed by atoms with Gasteiger partial charge in [0.05, 0.1) is 12.7 Å². The standard InChI is InChI=1S/C31H24N2O5S/c1-36-28-18-23(13-16-25(28)26-17-22-9-5-6-10-27(22)38-30(26)35)32-31(39)33-29(34)21-11-14-24(15-12-21)37-19-20-7-3-2-4-8-20/h2-18H,19H2,1H3,(H2,32,33,34,39). The average Bonchev–Trinajstić information content (AvgIpc) is 2.96.